The van der Waals surface area contributed by atoms with Crippen molar-refractivity contribution in [3.63, 3.8) is 0 Å². The Morgan fingerprint density at radius 1 is 0.757 bits per heavy atom. The number of fused-ring (bicyclic) bond motifs is 1. The molecular weight excluding hydrogens is 465 g/mol. The Morgan fingerprint density at radius 3 is 2.08 bits per heavy atom. The highest BCUT2D eigenvalue weighted by atomic mass is 19.1. The summed E-state index contributed by atoms with van der Waals surface area (Å²) in [5, 5.41) is 3.52. The zero-order valence-corrected chi connectivity index (χ0v) is 21.2. The fourth-order valence-electron chi connectivity index (χ4n) is 4.63. The van der Waals surface area contributed by atoms with Gasteiger partial charge in [0, 0.05) is 17.8 Å². The molecule has 4 aromatic carbocycles. The van der Waals surface area contributed by atoms with E-state index in [-0.39, 0.29) is 11.9 Å². The van der Waals surface area contributed by atoms with Crippen molar-refractivity contribution >= 4 is 5.69 Å². The van der Waals surface area contributed by atoms with E-state index in [2.05, 4.69) is 35.6 Å². The smallest absolute Gasteiger partial charge is 0.132 e. The second kappa shape index (κ2) is 11.2. The van der Waals surface area contributed by atoms with Gasteiger partial charge in [-0.2, -0.15) is 0 Å². The van der Waals surface area contributed by atoms with Crippen LogP contribution in [0, 0.1) is 5.82 Å². The third-order valence-corrected chi connectivity index (χ3v) is 6.60. The molecule has 0 saturated heterocycles. The normalized spacial score (nSPS) is 18.0. The molecule has 5 heteroatoms. The molecule has 1 N–H and O–H groups in total. The summed E-state index contributed by atoms with van der Waals surface area (Å²) in [6, 6.07) is 32.9. The maximum absolute atomic E-state index is 13.4. The van der Waals surface area contributed by atoms with E-state index in [0.717, 1.165) is 28.1 Å². The molecule has 1 aliphatic rings. The van der Waals surface area contributed by atoms with E-state index in [1.165, 1.54) is 17.7 Å². The van der Waals surface area contributed by atoms with E-state index in [1.807, 2.05) is 62.4 Å². The fraction of sp³-hybridized carbons (Fsp3) is 0.250. The lowest BCUT2D eigenvalue weighted by atomic mass is 9.87. The number of anilines is 1. The van der Waals surface area contributed by atoms with Gasteiger partial charge in [0.2, 0.25) is 0 Å². The molecule has 0 bridgehead atoms. The van der Waals surface area contributed by atoms with E-state index >= 15 is 0 Å². The molecule has 0 saturated carbocycles. The quantitative estimate of drug-likeness (QED) is 0.261. The first kappa shape index (κ1) is 25.0. The molecule has 190 valence electrons. The molecule has 0 fully saturated rings. The Balaban J connectivity index is 1.42. The van der Waals surface area contributed by atoms with Crippen LogP contribution in [0.4, 0.5) is 10.1 Å². The van der Waals surface area contributed by atoms with E-state index in [4.69, 9.17) is 14.2 Å². The van der Waals surface area contributed by atoms with Crippen molar-refractivity contribution in [2.45, 2.75) is 51.4 Å². The molecule has 4 nitrogen and oxygen atoms in total. The van der Waals surface area contributed by atoms with Gasteiger partial charge in [-0.05, 0) is 60.9 Å². The Bertz CT molecular complexity index is 1290. The Morgan fingerprint density at radius 2 is 1.38 bits per heavy atom. The Kier molecular flexibility index (Phi) is 7.54. The topological polar surface area (TPSA) is 39.7 Å². The van der Waals surface area contributed by atoms with Crippen LogP contribution in [-0.2, 0) is 29.2 Å². The predicted octanol–water partition coefficient (Wildman–Crippen LogP) is 7.45. The summed E-state index contributed by atoms with van der Waals surface area (Å²) >= 11 is 0. The average molecular weight is 498 g/mol. The molecule has 0 spiro atoms. The summed E-state index contributed by atoms with van der Waals surface area (Å²) in [5.41, 5.74) is 4.46. The number of hydrogen-bond donors (Lipinski definition) is 1. The SMILES string of the molecule is CC1(C)Oc2ccc(NCc3ccccc3)cc2C(OCc2ccccc2)C1OCc1ccc(F)cc1. The summed E-state index contributed by atoms with van der Waals surface area (Å²) in [5.74, 6) is 0.522. The maximum atomic E-state index is 13.4. The Hall–Kier alpha value is -3.67. The van der Waals surface area contributed by atoms with Crippen LogP contribution in [0.3, 0.4) is 0 Å². The molecule has 0 aliphatic carbocycles. The first-order chi connectivity index (χ1) is 18.0. The molecule has 1 aliphatic heterocycles. The minimum atomic E-state index is -0.645. The maximum Gasteiger partial charge on any atom is 0.132 e. The number of benzene rings is 4. The standard InChI is InChI=1S/C32H32FNO3/c1-32(2)31(36-22-25-13-15-26(33)16-14-25)30(35-21-24-11-7-4-8-12-24)28-19-27(17-18-29(28)37-32)34-20-23-9-5-3-6-10-23/h3-19,30-31,34H,20-22H2,1-2H3. The van der Waals surface area contributed by atoms with Crippen LogP contribution in [0.1, 0.15) is 42.2 Å². The van der Waals surface area contributed by atoms with Gasteiger partial charge in [0.25, 0.3) is 0 Å². The lowest BCUT2D eigenvalue weighted by molar-refractivity contribution is -0.170. The van der Waals surface area contributed by atoms with Crippen molar-refractivity contribution in [1.82, 2.24) is 0 Å². The number of rotatable bonds is 9. The van der Waals surface area contributed by atoms with Gasteiger partial charge in [0.1, 0.15) is 29.4 Å². The van der Waals surface area contributed by atoms with Gasteiger partial charge in [-0.3, -0.25) is 0 Å². The van der Waals surface area contributed by atoms with Gasteiger partial charge in [-0.1, -0.05) is 72.8 Å². The number of ether oxygens (including phenoxy) is 3. The van der Waals surface area contributed by atoms with Crippen LogP contribution >= 0.6 is 0 Å². The minimum absolute atomic E-state index is 0.265. The molecule has 5 rings (SSSR count). The molecule has 0 aromatic heterocycles. The molecule has 2 unspecified atom stereocenters. The third kappa shape index (κ3) is 6.19. The molecule has 37 heavy (non-hydrogen) atoms. The van der Waals surface area contributed by atoms with E-state index < -0.39 is 11.7 Å². The van der Waals surface area contributed by atoms with Gasteiger partial charge >= 0.3 is 0 Å². The Labute approximate surface area is 218 Å². The molecule has 0 amide bonds. The highest BCUT2D eigenvalue weighted by Crippen LogP contribution is 2.45. The monoisotopic (exact) mass is 497 g/mol. The number of nitrogens with one attached hydrogen (secondary N) is 1. The largest absolute Gasteiger partial charge is 0.485 e. The van der Waals surface area contributed by atoms with Crippen LogP contribution in [0.5, 0.6) is 5.75 Å². The molecule has 4 aromatic rings. The summed E-state index contributed by atoms with van der Waals surface area (Å²) < 4.78 is 32.9. The second-order valence-corrected chi connectivity index (χ2v) is 9.87. The van der Waals surface area contributed by atoms with Crippen LogP contribution in [0.25, 0.3) is 0 Å². The van der Waals surface area contributed by atoms with Gasteiger partial charge < -0.3 is 19.5 Å². The van der Waals surface area contributed by atoms with E-state index in [0.29, 0.717) is 19.8 Å². The summed E-state index contributed by atoms with van der Waals surface area (Å²) in [4.78, 5) is 0. The lowest BCUT2D eigenvalue weighted by Crippen LogP contribution is -2.50. The molecule has 0 radical (unpaired) electrons. The highest BCUT2D eigenvalue weighted by molar-refractivity contribution is 5.54. The van der Waals surface area contributed by atoms with Crippen molar-refractivity contribution in [2.24, 2.45) is 0 Å². The van der Waals surface area contributed by atoms with Crippen LogP contribution in [0.2, 0.25) is 0 Å². The second-order valence-electron chi connectivity index (χ2n) is 9.87. The molecule has 2 atom stereocenters. The zero-order valence-electron chi connectivity index (χ0n) is 21.2. The van der Waals surface area contributed by atoms with Gasteiger partial charge in [0.05, 0.1) is 13.2 Å². The first-order valence-electron chi connectivity index (χ1n) is 12.6. The summed E-state index contributed by atoms with van der Waals surface area (Å²) in [6.07, 6.45) is -0.754. The molecule has 1 heterocycles. The third-order valence-electron chi connectivity index (χ3n) is 6.60. The fourth-order valence-corrected chi connectivity index (χ4v) is 4.63. The van der Waals surface area contributed by atoms with Gasteiger partial charge in [-0.25, -0.2) is 4.39 Å². The van der Waals surface area contributed by atoms with E-state index in [9.17, 15) is 4.39 Å². The van der Waals surface area contributed by atoms with Gasteiger partial charge in [-0.15, -0.1) is 0 Å². The van der Waals surface area contributed by atoms with Crippen molar-refractivity contribution in [3.05, 3.63) is 131 Å². The average Bonchev–Trinajstić information content (AvgIpc) is 2.91. The van der Waals surface area contributed by atoms with Crippen molar-refractivity contribution in [1.29, 1.82) is 0 Å². The van der Waals surface area contributed by atoms with Crippen molar-refractivity contribution < 1.29 is 18.6 Å². The van der Waals surface area contributed by atoms with Gasteiger partial charge in [0.15, 0.2) is 0 Å². The van der Waals surface area contributed by atoms with E-state index in [1.54, 1.807) is 12.1 Å². The highest BCUT2D eigenvalue weighted by Gasteiger charge is 2.45. The number of hydrogen-bond acceptors (Lipinski definition) is 4. The number of halogens is 1. The lowest BCUT2D eigenvalue weighted by Gasteiger charge is -2.44. The summed E-state index contributed by atoms with van der Waals surface area (Å²) in [7, 11) is 0. The van der Waals surface area contributed by atoms with Crippen molar-refractivity contribution in [3.8, 4) is 5.75 Å². The van der Waals surface area contributed by atoms with Crippen LogP contribution in [0.15, 0.2) is 103 Å². The van der Waals surface area contributed by atoms with Crippen molar-refractivity contribution in [2.75, 3.05) is 5.32 Å². The minimum Gasteiger partial charge on any atom is -0.485 e. The first-order valence-corrected chi connectivity index (χ1v) is 12.6. The molecular formula is C32H32FNO3. The predicted molar refractivity (Wildman–Crippen MR) is 144 cm³/mol. The summed E-state index contributed by atoms with van der Waals surface area (Å²) in [6.45, 7) is 5.52. The van der Waals surface area contributed by atoms with Crippen LogP contribution < -0.4 is 10.1 Å². The zero-order chi connectivity index (χ0) is 25.7. The van der Waals surface area contributed by atoms with Crippen LogP contribution in [-0.4, -0.2) is 11.7 Å².